The highest BCUT2D eigenvalue weighted by Crippen LogP contribution is 2.35. The van der Waals surface area contributed by atoms with E-state index in [1.54, 1.807) is 33.8 Å². The minimum atomic E-state index is -0.533. The number of carbonyl (C=O) groups is 1. The van der Waals surface area contributed by atoms with Crippen molar-refractivity contribution in [1.82, 2.24) is 34.4 Å². The monoisotopic (exact) mass is 665 g/mol. The van der Waals surface area contributed by atoms with Gasteiger partial charge in [-0.2, -0.15) is 10.4 Å². The predicted octanol–water partition coefficient (Wildman–Crippen LogP) is 5.64. The molecule has 2 N–H and O–H groups in total. The van der Waals surface area contributed by atoms with Crippen LogP contribution in [0.25, 0.3) is 22.3 Å². The Morgan fingerprint density at radius 3 is 2.59 bits per heavy atom. The van der Waals surface area contributed by atoms with E-state index in [-0.39, 0.29) is 28.9 Å². The van der Waals surface area contributed by atoms with E-state index < -0.39 is 11.4 Å². The molecule has 1 atom stereocenters. The van der Waals surface area contributed by atoms with E-state index in [1.807, 2.05) is 24.3 Å². The summed E-state index contributed by atoms with van der Waals surface area (Å²) >= 11 is 0. The molecule has 4 aromatic rings. The van der Waals surface area contributed by atoms with Crippen LogP contribution in [0.15, 0.2) is 66.5 Å². The average Bonchev–Trinajstić information content (AvgIpc) is 3.72. The average molecular weight is 666 g/mol. The topological polar surface area (TPSA) is 129 Å². The van der Waals surface area contributed by atoms with Crippen molar-refractivity contribution in [3.05, 3.63) is 72.3 Å². The molecule has 2 aliphatic heterocycles. The molecular formula is C37H44FN9O2. The molecule has 2 aliphatic rings. The number of para-hydroxylation sites is 1. The summed E-state index contributed by atoms with van der Waals surface area (Å²) in [6, 6.07) is 15.7. The van der Waals surface area contributed by atoms with Gasteiger partial charge in [0.2, 0.25) is 0 Å². The summed E-state index contributed by atoms with van der Waals surface area (Å²) in [6.45, 7) is 12.0. The van der Waals surface area contributed by atoms with Crippen molar-refractivity contribution in [2.45, 2.75) is 64.6 Å². The van der Waals surface area contributed by atoms with Gasteiger partial charge >= 0.3 is 0 Å². The van der Waals surface area contributed by atoms with Gasteiger partial charge in [-0.25, -0.2) is 19.0 Å². The second kappa shape index (κ2) is 14.7. The first-order valence-corrected chi connectivity index (χ1v) is 17.1. The van der Waals surface area contributed by atoms with Crippen LogP contribution in [0.4, 0.5) is 10.2 Å². The molecule has 49 heavy (non-hydrogen) atoms. The Bertz CT molecular complexity index is 1860. The van der Waals surface area contributed by atoms with Gasteiger partial charge in [0.05, 0.1) is 18.0 Å². The maximum Gasteiger partial charge on any atom is 0.264 e. The summed E-state index contributed by atoms with van der Waals surface area (Å²) in [4.78, 5) is 29.2. The molecule has 2 fully saturated rings. The van der Waals surface area contributed by atoms with Crippen molar-refractivity contribution in [2.75, 3.05) is 45.0 Å². The largest absolute Gasteiger partial charge is 0.457 e. The van der Waals surface area contributed by atoms with E-state index in [0.29, 0.717) is 41.3 Å². The first-order chi connectivity index (χ1) is 23.7. The number of nitrogens with two attached hydrogens (primary N) is 1. The third-order valence-electron chi connectivity index (χ3n) is 9.62. The Morgan fingerprint density at radius 2 is 1.88 bits per heavy atom. The maximum atomic E-state index is 15.6. The highest BCUT2D eigenvalue weighted by molar-refractivity contribution is 5.99. The Kier molecular flexibility index (Phi) is 10.2. The lowest BCUT2D eigenvalue weighted by Gasteiger charge is -2.43. The Labute approximate surface area is 286 Å². The first kappa shape index (κ1) is 34.0. The van der Waals surface area contributed by atoms with Gasteiger partial charge in [-0.1, -0.05) is 31.5 Å². The normalized spacial score (nSPS) is 17.8. The molecule has 0 saturated carbocycles. The fourth-order valence-electron chi connectivity index (χ4n) is 6.89. The number of unbranched alkanes of at least 4 members (excludes halogenated alkanes) is 1. The zero-order chi connectivity index (χ0) is 34.5. The van der Waals surface area contributed by atoms with Crippen LogP contribution < -0.4 is 10.5 Å². The van der Waals surface area contributed by atoms with E-state index in [9.17, 15) is 10.1 Å². The third kappa shape index (κ3) is 7.43. The van der Waals surface area contributed by atoms with Crippen molar-refractivity contribution in [1.29, 1.82) is 5.26 Å². The molecule has 0 radical (unpaired) electrons. The Morgan fingerprint density at radius 1 is 1.10 bits per heavy atom. The number of benzene rings is 2. The third-order valence-corrected chi connectivity index (χ3v) is 9.62. The molecule has 0 spiro atoms. The summed E-state index contributed by atoms with van der Waals surface area (Å²) in [6.07, 6.45) is 7.07. The van der Waals surface area contributed by atoms with Crippen LogP contribution in [-0.2, 0) is 11.3 Å². The molecule has 1 amide bonds. The number of carbonyl (C=O) groups excluding carboxylic acids is 1. The molecule has 2 saturated heterocycles. The zero-order valence-electron chi connectivity index (χ0n) is 28.5. The minimum Gasteiger partial charge on any atom is -0.457 e. The number of aromatic nitrogens is 4. The minimum absolute atomic E-state index is 0.141. The lowest BCUT2D eigenvalue weighted by Crippen LogP contribution is -2.54. The summed E-state index contributed by atoms with van der Waals surface area (Å²) in [5, 5.41) is 15.4. The van der Waals surface area contributed by atoms with Crippen LogP contribution in [0.1, 0.15) is 46.5 Å². The number of ether oxygens (including phenoxy) is 1. The van der Waals surface area contributed by atoms with Crippen LogP contribution in [0.2, 0.25) is 0 Å². The standard InChI is InChI=1S/C37H44FN9O2/c1-4-5-15-44-17-19-45(20-18-44)37(2,3)22-26(23-39)36(48)46-16-9-10-27(46)24-47-35-32(34(40)41-25-42-35)33(43-47)30-14-13-29(21-31(30)38)49-28-11-7-6-8-12-28/h6-8,11-14,21-22,25,27H,4-5,9-10,15-20,24H2,1-3H3,(H2,40,41,42)/b26-22+/t27-/m0/s1. The highest BCUT2D eigenvalue weighted by Gasteiger charge is 2.35. The number of likely N-dealkylation sites (tertiary alicyclic amines) is 1. The van der Waals surface area contributed by atoms with Gasteiger partial charge in [0.25, 0.3) is 5.91 Å². The van der Waals surface area contributed by atoms with Gasteiger partial charge in [-0.15, -0.1) is 0 Å². The number of nitrogen functional groups attached to an aromatic ring is 1. The Hall–Kier alpha value is -4.86. The molecule has 11 nitrogen and oxygen atoms in total. The summed E-state index contributed by atoms with van der Waals surface area (Å²) in [5.41, 5.74) is 6.98. The van der Waals surface area contributed by atoms with E-state index in [2.05, 4.69) is 46.6 Å². The number of rotatable bonds is 11. The lowest BCUT2D eigenvalue weighted by atomic mass is 9.97. The molecule has 6 rings (SSSR count). The number of amides is 1. The number of fused-ring (bicyclic) bond motifs is 1. The molecule has 2 aromatic heterocycles. The molecule has 0 unspecified atom stereocenters. The fourth-order valence-corrected chi connectivity index (χ4v) is 6.89. The number of nitrogens with zero attached hydrogens (tertiary/aromatic N) is 8. The number of hydrogen-bond donors (Lipinski definition) is 1. The van der Waals surface area contributed by atoms with E-state index in [1.165, 1.54) is 25.2 Å². The van der Waals surface area contributed by atoms with Gasteiger partial charge in [0.1, 0.15) is 46.8 Å². The second-order valence-electron chi connectivity index (χ2n) is 13.3. The fraction of sp³-hybridized carbons (Fsp3) is 0.432. The lowest BCUT2D eigenvalue weighted by molar-refractivity contribution is -0.127. The van der Waals surface area contributed by atoms with Crippen LogP contribution >= 0.6 is 0 Å². The SMILES string of the molecule is CCCCN1CCN(C(C)(C)/C=C(\C#N)C(=O)N2CCC[C@H]2Cn2nc(-c3ccc(Oc4ccccc4)cc3F)c3c(N)ncnc32)CC1. The van der Waals surface area contributed by atoms with Crippen LogP contribution in [0.5, 0.6) is 11.5 Å². The van der Waals surface area contributed by atoms with Gasteiger partial charge in [-0.05, 0) is 70.0 Å². The predicted molar refractivity (Wildman–Crippen MR) is 187 cm³/mol. The van der Waals surface area contributed by atoms with Crippen LogP contribution in [0, 0.1) is 17.1 Å². The second-order valence-corrected chi connectivity index (χ2v) is 13.3. The van der Waals surface area contributed by atoms with Crippen molar-refractivity contribution in [3.63, 3.8) is 0 Å². The number of hydrogen-bond acceptors (Lipinski definition) is 9. The molecule has 12 heteroatoms. The first-order valence-electron chi connectivity index (χ1n) is 17.1. The van der Waals surface area contributed by atoms with E-state index in [4.69, 9.17) is 15.6 Å². The number of nitriles is 1. The van der Waals surface area contributed by atoms with E-state index in [0.717, 1.165) is 45.6 Å². The highest BCUT2D eigenvalue weighted by atomic mass is 19.1. The quantitative estimate of drug-likeness (QED) is 0.160. The van der Waals surface area contributed by atoms with Crippen molar-refractivity contribution in [3.8, 4) is 28.8 Å². The molecule has 4 heterocycles. The van der Waals surface area contributed by atoms with Gasteiger partial charge in [-0.3, -0.25) is 9.69 Å². The van der Waals surface area contributed by atoms with Crippen molar-refractivity contribution >= 4 is 22.8 Å². The maximum absolute atomic E-state index is 15.6. The number of piperazine rings is 1. The van der Waals surface area contributed by atoms with Gasteiger partial charge in [0, 0.05) is 49.9 Å². The Balaban J connectivity index is 1.22. The van der Waals surface area contributed by atoms with Crippen LogP contribution in [0.3, 0.4) is 0 Å². The molecule has 256 valence electrons. The smallest absolute Gasteiger partial charge is 0.264 e. The van der Waals surface area contributed by atoms with Crippen LogP contribution in [-0.4, -0.2) is 91.2 Å². The van der Waals surface area contributed by atoms with Gasteiger partial charge in [0.15, 0.2) is 5.65 Å². The van der Waals surface area contributed by atoms with Crippen molar-refractivity contribution < 1.29 is 13.9 Å². The van der Waals surface area contributed by atoms with E-state index >= 15 is 4.39 Å². The molecule has 2 aromatic carbocycles. The molecule has 0 bridgehead atoms. The number of anilines is 1. The molecular weight excluding hydrogens is 621 g/mol. The zero-order valence-corrected chi connectivity index (χ0v) is 28.5. The number of halogens is 1. The molecule has 0 aliphatic carbocycles. The summed E-state index contributed by atoms with van der Waals surface area (Å²) in [7, 11) is 0. The van der Waals surface area contributed by atoms with Crippen molar-refractivity contribution in [2.24, 2.45) is 0 Å². The summed E-state index contributed by atoms with van der Waals surface area (Å²) < 4.78 is 23.1. The van der Waals surface area contributed by atoms with Gasteiger partial charge < -0.3 is 20.3 Å². The summed E-state index contributed by atoms with van der Waals surface area (Å²) in [5.74, 6) is 0.300.